The molecule has 0 bridgehead atoms. The van der Waals surface area contributed by atoms with E-state index in [1.165, 1.54) is 24.0 Å². The summed E-state index contributed by atoms with van der Waals surface area (Å²) in [6, 6.07) is 6.18. The van der Waals surface area contributed by atoms with Gasteiger partial charge in [-0.2, -0.15) is 5.26 Å². The molecular weight excluding hydrogens is 186 g/mol. The number of anilines is 1. The molecule has 0 saturated heterocycles. The fourth-order valence-corrected chi connectivity index (χ4v) is 2.92. The first kappa shape index (κ1) is 8.75. The first-order valence-corrected chi connectivity index (χ1v) is 5.39. The third kappa shape index (κ3) is 1.09. The van der Waals surface area contributed by atoms with Crippen molar-refractivity contribution >= 4 is 5.69 Å². The fraction of sp³-hybridized carbons (Fsp3) is 0.417. The number of rotatable bonds is 0. The van der Waals surface area contributed by atoms with Gasteiger partial charge in [0.2, 0.25) is 0 Å². The minimum atomic E-state index is 0.557. The van der Waals surface area contributed by atoms with Crippen LogP contribution in [0.4, 0.5) is 5.69 Å². The fourth-order valence-electron chi connectivity index (χ4n) is 2.92. The molecule has 0 aromatic heterocycles. The Balaban J connectivity index is 2.27. The van der Waals surface area contributed by atoms with Crippen LogP contribution in [0.5, 0.6) is 0 Å². The Labute approximate surface area is 89.1 Å². The number of nitrogens with zero attached hydrogens (tertiary/aromatic N) is 2. The van der Waals surface area contributed by atoms with Crippen molar-refractivity contribution in [2.45, 2.75) is 25.2 Å². The zero-order valence-corrected chi connectivity index (χ0v) is 8.53. The van der Waals surface area contributed by atoms with Gasteiger partial charge in [0.15, 0.2) is 0 Å². The average molecular weight is 199 g/mol. The molecule has 76 valence electrons. The Hall–Kier alpha value is -1.53. The Morgan fingerprint density at radius 1 is 1.47 bits per heavy atom. The van der Waals surface area contributed by atoms with Crippen molar-refractivity contribution in [1.29, 1.82) is 5.26 Å². The number of nitriles is 1. The molecule has 3 nitrogen and oxygen atoms in total. The largest absolute Gasteiger partial charge is 0.310 e. The van der Waals surface area contributed by atoms with E-state index in [1.54, 1.807) is 0 Å². The predicted molar refractivity (Wildman–Crippen MR) is 58.4 cm³/mol. The van der Waals surface area contributed by atoms with Gasteiger partial charge in [0, 0.05) is 12.5 Å². The van der Waals surface area contributed by atoms with Crippen LogP contribution in [-0.4, -0.2) is 6.54 Å². The molecule has 0 fully saturated rings. The van der Waals surface area contributed by atoms with Crippen LogP contribution in [0.2, 0.25) is 0 Å². The van der Waals surface area contributed by atoms with E-state index in [2.05, 4.69) is 6.07 Å². The summed E-state index contributed by atoms with van der Waals surface area (Å²) in [7, 11) is 0. The van der Waals surface area contributed by atoms with Crippen molar-refractivity contribution in [3.63, 3.8) is 0 Å². The smallest absolute Gasteiger partial charge is 0.0994 e. The Morgan fingerprint density at radius 3 is 3.13 bits per heavy atom. The highest BCUT2D eigenvalue weighted by molar-refractivity contribution is 5.66. The molecule has 0 amide bonds. The van der Waals surface area contributed by atoms with Gasteiger partial charge in [0.25, 0.3) is 0 Å². The van der Waals surface area contributed by atoms with Crippen molar-refractivity contribution in [3.8, 4) is 6.07 Å². The second-order valence-corrected chi connectivity index (χ2v) is 4.38. The van der Waals surface area contributed by atoms with E-state index < -0.39 is 0 Å². The predicted octanol–water partition coefficient (Wildman–Crippen LogP) is 1.67. The Morgan fingerprint density at radius 2 is 2.33 bits per heavy atom. The summed E-state index contributed by atoms with van der Waals surface area (Å²) in [4.78, 5) is 0. The van der Waals surface area contributed by atoms with Gasteiger partial charge in [0.1, 0.15) is 0 Å². The maximum absolute atomic E-state index is 9.06. The first-order valence-electron chi connectivity index (χ1n) is 5.39. The van der Waals surface area contributed by atoms with Crippen LogP contribution in [-0.2, 0) is 6.42 Å². The van der Waals surface area contributed by atoms with E-state index in [0.717, 1.165) is 24.2 Å². The number of hydrogen-bond donors (Lipinski definition) is 1. The average Bonchev–Trinajstić information content (AvgIpc) is 2.58. The minimum Gasteiger partial charge on any atom is -0.310 e. The van der Waals surface area contributed by atoms with Crippen molar-refractivity contribution in [2.24, 2.45) is 5.84 Å². The highest BCUT2D eigenvalue weighted by atomic mass is 15.4. The van der Waals surface area contributed by atoms with Gasteiger partial charge in [-0.1, -0.05) is 0 Å². The second-order valence-electron chi connectivity index (χ2n) is 4.38. The maximum Gasteiger partial charge on any atom is 0.0994 e. The topological polar surface area (TPSA) is 53.0 Å². The summed E-state index contributed by atoms with van der Waals surface area (Å²) in [6.45, 7) is 0.914. The lowest BCUT2D eigenvalue weighted by molar-refractivity contribution is 0.574. The van der Waals surface area contributed by atoms with Crippen LogP contribution >= 0.6 is 0 Å². The first-order chi connectivity index (χ1) is 7.31. The summed E-state index contributed by atoms with van der Waals surface area (Å²) in [5.74, 6) is 6.51. The molecule has 3 heteroatoms. The summed E-state index contributed by atoms with van der Waals surface area (Å²) in [5.41, 5.74) is 4.57. The van der Waals surface area contributed by atoms with Gasteiger partial charge in [0.05, 0.1) is 17.3 Å². The van der Waals surface area contributed by atoms with Crippen LogP contribution in [0, 0.1) is 11.3 Å². The Kier molecular flexibility index (Phi) is 1.74. The maximum atomic E-state index is 9.06. The van der Waals surface area contributed by atoms with E-state index in [0.29, 0.717) is 5.92 Å². The summed E-state index contributed by atoms with van der Waals surface area (Å²) >= 11 is 0. The number of benzene rings is 1. The standard InChI is InChI=1S/C12H13N3/c13-6-8-4-5-11-12-9(7-15(11)14)2-1-3-10(8)12/h4-5,9H,1-3,7,14H2. The number of hydrazine groups is 1. The Bertz CT molecular complexity index is 459. The molecule has 15 heavy (non-hydrogen) atoms. The third-order valence-electron chi connectivity index (χ3n) is 3.57. The van der Waals surface area contributed by atoms with Crippen LogP contribution in [0.15, 0.2) is 12.1 Å². The van der Waals surface area contributed by atoms with Crippen molar-refractivity contribution < 1.29 is 0 Å². The zero-order chi connectivity index (χ0) is 10.4. The van der Waals surface area contributed by atoms with Gasteiger partial charge in [-0.3, -0.25) is 0 Å². The highest BCUT2D eigenvalue weighted by Gasteiger charge is 2.32. The molecule has 1 unspecified atom stereocenters. The molecule has 0 radical (unpaired) electrons. The second kappa shape index (κ2) is 2.98. The molecule has 1 heterocycles. The molecule has 0 saturated carbocycles. The monoisotopic (exact) mass is 199 g/mol. The van der Waals surface area contributed by atoms with Crippen LogP contribution < -0.4 is 10.9 Å². The molecule has 2 aliphatic rings. The van der Waals surface area contributed by atoms with Gasteiger partial charge in [-0.15, -0.1) is 0 Å². The SMILES string of the molecule is N#Cc1ccc2c3c1CCCC3CN2N. The molecule has 3 rings (SSSR count). The molecule has 1 atom stereocenters. The molecular formula is C12H13N3. The molecule has 2 N–H and O–H groups in total. The molecule has 0 spiro atoms. The lowest BCUT2D eigenvalue weighted by Crippen LogP contribution is -2.29. The molecule has 1 aromatic rings. The van der Waals surface area contributed by atoms with E-state index in [9.17, 15) is 0 Å². The lowest BCUT2D eigenvalue weighted by atomic mass is 9.82. The van der Waals surface area contributed by atoms with Crippen molar-refractivity contribution in [3.05, 3.63) is 28.8 Å². The van der Waals surface area contributed by atoms with Crippen molar-refractivity contribution in [1.82, 2.24) is 0 Å². The highest BCUT2D eigenvalue weighted by Crippen LogP contribution is 2.44. The van der Waals surface area contributed by atoms with Crippen LogP contribution in [0.25, 0.3) is 0 Å². The third-order valence-corrected chi connectivity index (χ3v) is 3.57. The number of hydrogen-bond acceptors (Lipinski definition) is 3. The van der Waals surface area contributed by atoms with Gasteiger partial charge >= 0.3 is 0 Å². The summed E-state index contributed by atoms with van der Waals surface area (Å²) in [6.07, 6.45) is 3.43. The van der Waals surface area contributed by atoms with E-state index in [-0.39, 0.29) is 0 Å². The molecule has 1 aliphatic carbocycles. The van der Waals surface area contributed by atoms with E-state index >= 15 is 0 Å². The van der Waals surface area contributed by atoms with E-state index in [1.807, 2.05) is 17.1 Å². The number of nitrogens with two attached hydrogens (primary N) is 1. The normalized spacial score (nSPS) is 22.4. The lowest BCUT2D eigenvalue weighted by Gasteiger charge is -2.20. The molecule has 1 aliphatic heterocycles. The molecule has 1 aromatic carbocycles. The van der Waals surface area contributed by atoms with E-state index in [4.69, 9.17) is 11.1 Å². The van der Waals surface area contributed by atoms with Crippen LogP contribution in [0.1, 0.15) is 35.4 Å². The minimum absolute atomic E-state index is 0.557. The van der Waals surface area contributed by atoms with Gasteiger partial charge in [-0.05, 0) is 42.5 Å². The zero-order valence-electron chi connectivity index (χ0n) is 8.53. The van der Waals surface area contributed by atoms with Crippen LogP contribution in [0.3, 0.4) is 0 Å². The quantitative estimate of drug-likeness (QED) is 0.647. The summed E-state index contributed by atoms with van der Waals surface area (Å²) in [5, 5.41) is 10.9. The van der Waals surface area contributed by atoms with Crippen molar-refractivity contribution in [2.75, 3.05) is 11.6 Å². The van der Waals surface area contributed by atoms with Gasteiger partial charge in [-0.25, -0.2) is 5.84 Å². The van der Waals surface area contributed by atoms with Gasteiger partial charge < -0.3 is 5.01 Å². The summed E-state index contributed by atoms with van der Waals surface area (Å²) < 4.78 is 0.